The van der Waals surface area contributed by atoms with Crippen molar-refractivity contribution in [2.24, 2.45) is 0 Å². The van der Waals surface area contributed by atoms with Gasteiger partial charge in [-0.05, 0) is 25.1 Å². The summed E-state index contributed by atoms with van der Waals surface area (Å²) in [5.74, 6) is 0.188. The van der Waals surface area contributed by atoms with Gasteiger partial charge in [0.1, 0.15) is 5.75 Å². The largest absolute Gasteiger partial charge is 0.506 e. The number of halogens is 2. The average molecular weight is 263 g/mol. The van der Waals surface area contributed by atoms with E-state index in [1.54, 1.807) is 6.07 Å². The summed E-state index contributed by atoms with van der Waals surface area (Å²) in [7, 11) is 0. The van der Waals surface area contributed by atoms with E-state index in [-0.39, 0.29) is 11.8 Å². The van der Waals surface area contributed by atoms with Crippen LogP contribution in [0.5, 0.6) is 5.75 Å². The molecule has 2 nitrogen and oxygen atoms in total. The first-order valence-electron chi connectivity index (χ1n) is 4.10. The van der Waals surface area contributed by atoms with Crippen LogP contribution in [-0.2, 0) is 0 Å². The van der Waals surface area contributed by atoms with Gasteiger partial charge in [-0.1, -0.05) is 27.5 Å². The Kier molecular flexibility index (Phi) is 2.49. The molecule has 1 atom stereocenters. The highest BCUT2D eigenvalue weighted by Gasteiger charge is 2.24. The molecule has 0 bridgehead atoms. The van der Waals surface area contributed by atoms with Gasteiger partial charge in [0.25, 0.3) is 0 Å². The third kappa shape index (κ3) is 1.56. The van der Waals surface area contributed by atoms with Crippen LogP contribution in [0.1, 0.15) is 18.0 Å². The van der Waals surface area contributed by atoms with E-state index in [9.17, 15) is 5.11 Å². The summed E-state index contributed by atoms with van der Waals surface area (Å²) in [6.07, 6.45) is 1.05. The predicted octanol–water partition coefficient (Wildman–Crippen LogP) is 2.84. The molecule has 1 saturated heterocycles. The maximum absolute atomic E-state index is 9.71. The van der Waals surface area contributed by atoms with E-state index in [1.165, 1.54) is 0 Å². The van der Waals surface area contributed by atoms with Crippen LogP contribution < -0.4 is 5.32 Å². The van der Waals surface area contributed by atoms with Gasteiger partial charge in [0.05, 0.1) is 5.02 Å². The Bertz CT molecular complexity index is 339. The Hall–Kier alpha value is -0.250. The summed E-state index contributed by atoms with van der Waals surface area (Å²) >= 11 is 9.21. The third-order valence-electron chi connectivity index (χ3n) is 2.29. The van der Waals surface area contributed by atoms with Crippen molar-refractivity contribution in [1.29, 1.82) is 0 Å². The van der Waals surface area contributed by atoms with Gasteiger partial charge >= 0.3 is 0 Å². The van der Waals surface area contributed by atoms with Gasteiger partial charge in [0.15, 0.2) is 0 Å². The second-order valence-corrected chi connectivity index (χ2v) is 4.35. The molecule has 1 heterocycles. The number of phenols is 1. The first-order valence-corrected chi connectivity index (χ1v) is 5.27. The second-order valence-electron chi connectivity index (χ2n) is 3.09. The van der Waals surface area contributed by atoms with E-state index in [2.05, 4.69) is 21.2 Å². The van der Waals surface area contributed by atoms with Crippen LogP contribution in [0, 0.1) is 0 Å². The van der Waals surface area contributed by atoms with Crippen LogP contribution in [0.15, 0.2) is 16.6 Å². The summed E-state index contributed by atoms with van der Waals surface area (Å²) in [5, 5.41) is 13.3. The average Bonchev–Trinajstić information content (AvgIpc) is 2.02. The molecular formula is C9H9BrClNO. The van der Waals surface area contributed by atoms with Gasteiger partial charge in [-0.3, -0.25) is 0 Å². The number of benzene rings is 1. The van der Waals surface area contributed by atoms with E-state index in [4.69, 9.17) is 11.6 Å². The number of hydrogen-bond acceptors (Lipinski definition) is 2. The van der Waals surface area contributed by atoms with Crippen molar-refractivity contribution in [3.8, 4) is 5.75 Å². The number of phenolic OH excluding ortho intramolecular Hbond substituents is 1. The van der Waals surface area contributed by atoms with Crippen molar-refractivity contribution < 1.29 is 5.11 Å². The zero-order chi connectivity index (χ0) is 9.42. The molecule has 2 N–H and O–H groups in total. The Morgan fingerprint density at radius 2 is 2.23 bits per heavy atom. The van der Waals surface area contributed by atoms with Gasteiger partial charge in [-0.25, -0.2) is 0 Å². The molecule has 1 aliphatic rings. The minimum absolute atomic E-state index is 0.188. The summed E-state index contributed by atoms with van der Waals surface area (Å²) in [5.41, 5.74) is 0.874. The van der Waals surface area contributed by atoms with Crippen LogP contribution in [0.3, 0.4) is 0 Å². The van der Waals surface area contributed by atoms with E-state index < -0.39 is 0 Å². The van der Waals surface area contributed by atoms with E-state index in [1.807, 2.05) is 6.07 Å². The first-order chi connectivity index (χ1) is 6.20. The molecule has 70 valence electrons. The van der Waals surface area contributed by atoms with Crippen LogP contribution in [0.4, 0.5) is 0 Å². The topological polar surface area (TPSA) is 32.3 Å². The molecular weight excluding hydrogens is 253 g/mol. The fourth-order valence-corrected chi connectivity index (χ4v) is 2.18. The number of rotatable bonds is 1. The number of nitrogens with one attached hydrogen (secondary N) is 1. The molecule has 0 aromatic heterocycles. The summed E-state index contributed by atoms with van der Waals surface area (Å²) in [6.45, 7) is 1.00. The van der Waals surface area contributed by atoms with Crippen LogP contribution in [0.2, 0.25) is 5.02 Å². The molecule has 2 rings (SSSR count). The van der Waals surface area contributed by atoms with Crippen molar-refractivity contribution in [2.75, 3.05) is 6.54 Å². The van der Waals surface area contributed by atoms with Gasteiger partial charge in [0, 0.05) is 16.1 Å². The van der Waals surface area contributed by atoms with Crippen molar-refractivity contribution in [2.45, 2.75) is 12.5 Å². The van der Waals surface area contributed by atoms with Crippen LogP contribution >= 0.6 is 27.5 Å². The molecule has 13 heavy (non-hydrogen) atoms. The Morgan fingerprint density at radius 1 is 1.54 bits per heavy atom. The Morgan fingerprint density at radius 3 is 2.77 bits per heavy atom. The van der Waals surface area contributed by atoms with Crippen LogP contribution in [-0.4, -0.2) is 11.7 Å². The molecule has 0 saturated carbocycles. The van der Waals surface area contributed by atoms with Gasteiger partial charge in [0.2, 0.25) is 0 Å². The van der Waals surface area contributed by atoms with Crippen molar-refractivity contribution in [3.63, 3.8) is 0 Å². The van der Waals surface area contributed by atoms with Crippen molar-refractivity contribution in [3.05, 3.63) is 27.2 Å². The van der Waals surface area contributed by atoms with Crippen LogP contribution in [0.25, 0.3) is 0 Å². The lowest BCUT2D eigenvalue weighted by molar-refractivity contribution is 0.363. The quantitative estimate of drug-likeness (QED) is 0.816. The molecule has 0 amide bonds. The van der Waals surface area contributed by atoms with E-state index >= 15 is 0 Å². The minimum atomic E-state index is 0.188. The van der Waals surface area contributed by atoms with Gasteiger partial charge < -0.3 is 10.4 Å². The lowest BCUT2D eigenvalue weighted by Crippen LogP contribution is -2.35. The third-order valence-corrected chi connectivity index (χ3v) is 3.28. The van der Waals surface area contributed by atoms with E-state index in [0.717, 1.165) is 23.0 Å². The summed E-state index contributed by atoms with van der Waals surface area (Å²) in [4.78, 5) is 0. The fourth-order valence-electron chi connectivity index (χ4n) is 1.42. The number of hydrogen-bond donors (Lipinski definition) is 2. The normalized spacial score (nSPS) is 21.2. The highest BCUT2D eigenvalue weighted by atomic mass is 79.9. The zero-order valence-electron chi connectivity index (χ0n) is 6.85. The number of aromatic hydroxyl groups is 1. The van der Waals surface area contributed by atoms with Gasteiger partial charge in [-0.2, -0.15) is 0 Å². The fraction of sp³-hybridized carbons (Fsp3) is 0.333. The monoisotopic (exact) mass is 261 g/mol. The maximum Gasteiger partial charge on any atom is 0.140 e. The summed E-state index contributed by atoms with van der Waals surface area (Å²) < 4.78 is 0.909. The maximum atomic E-state index is 9.71. The highest BCUT2D eigenvalue weighted by molar-refractivity contribution is 9.10. The smallest absolute Gasteiger partial charge is 0.140 e. The molecule has 1 fully saturated rings. The molecule has 0 aliphatic carbocycles. The van der Waals surface area contributed by atoms with Crippen molar-refractivity contribution >= 4 is 27.5 Å². The summed E-state index contributed by atoms with van der Waals surface area (Å²) in [6, 6.07) is 3.79. The Labute approximate surface area is 90.0 Å². The molecule has 0 spiro atoms. The molecule has 0 unspecified atom stereocenters. The Balaban J connectivity index is 2.46. The molecule has 1 aromatic rings. The second kappa shape index (κ2) is 3.48. The molecule has 1 aliphatic heterocycles. The standard InChI is InChI=1S/C9H9BrClNO/c10-5-1-2-6(11)9(13)8(5)7-3-4-12-7/h1-2,7,12-13H,3-4H2/t7-/m0/s1. The molecule has 1 aromatic carbocycles. The van der Waals surface area contributed by atoms with Crippen molar-refractivity contribution in [1.82, 2.24) is 5.32 Å². The SMILES string of the molecule is Oc1c(Cl)ccc(Br)c1[C@@H]1CCN1. The van der Waals surface area contributed by atoms with Gasteiger partial charge in [-0.15, -0.1) is 0 Å². The minimum Gasteiger partial charge on any atom is -0.506 e. The van der Waals surface area contributed by atoms with E-state index in [0.29, 0.717) is 5.02 Å². The molecule has 4 heteroatoms. The first kappa shape index (κ1) is 9.31. The highest BCUT2D eigenvalue weighted by Crippen LogP contribution is 2.40. The lowest BCUT2D eigenvalue weighted by atomic mass is 9.97. The lowest BCUT2D eigenvalue weighted by Gasteiger charge is -2.29. The molecule has 0 radical (unpaired) electrons. The predicted molar refractivity (Wildman–Crippen MR) is 56.2 cm³/mol. The zero-order valence-corrected chi connectivity index (χ0v) is 9.19.